The summed E-state index contributed by atoms with van der Waals surface area (Å²) in [4.78, 5) is -0.479. The van der Waals surface area contributed by atoms with Crippen LogP contribution in [0.25, 0.3) is 0 Å². The van der Waals surface area contributed by atoms with Crippen LogP contribution in [0.15, 0.2) is 62.9 Å². The van der Waals surface area contributed by atoms with Crippen molar-refractivity contribution in [2.45, 2.75) is 24.9 Å². The monoisotopic (exact) mass is 579 g/mol. The van der Waals surface area contributed by atoms with Gasteiger partial charge in [0.15, 0.2) is 0 Å². The molecule has 0 radical (unpaired) electrons. The van der Waals surface area contributed by atoms with Crippen molar-refractivity contribution in [1.29, 1.82) is 0 Å². The van der Waals surface area contributed by atoms with E-state index in [1.807, 2.05) is 13.8 Å². The number of hydrogen-bond donors (Lipinski definition) is 2. The van der Waals surface area contributed by atoms with E-state index in [9.17, 15) is 30.0 Å². The molecule has 1 heterocycles. The van der Waals surface area contributed by atoms with E-state index in [0.717, 1.165) is 17.7 Å². The number of nitrogens with one attached hydrogen (secondary N) is 1. The number of nitrogens with two attached hydrogens (primary N) is 1. The lowest BCUT2D eigenvalue weighted by Crippen LogP contribution is -2.41. The minimum atomic E-state index is -4.64. The van der Waals surface area contributed by atoms with Gasteiger partial charge in [-0.1, -0.05) is 37.6 Å². The molecule has 0 spiro atoms. The first-order valence-corrected chi connectivity index (χ1v) is 14.5. The van der Waals surface area contributed by atoms with Gasteiger partial charge in [-0.15, -0.1) is 4.40 Å². The van der Waals surface area contributed by atoms with Crippen LogP contribution in [0.3, 0.4) is 0 Å². The molecule has 1 aliphatic rings. The first-order chi connectivity index (χ1) is 17.1. The van der Waals surface area contributed by atoms with E-state index in [1.54, 1.807) is 24.3 Å². The van der Waals surface area contributed by atoms with Gasteiger partial charge in [-0.3, -0.25) is 0 Å². The van der Waals surface area contributed by atoms with Crippen molar-refractivity contribution in [1.82, 2.24) is 10.3 Å². The first-order valence-electron chi connectivity index (χ1n) is 11.0. The molecule has 9 nitrogen and oxygen atoms in total. The third kappa shape index (κ3) is 7.66. The summed E-state index contributed by atoms with van der Waals surface area (Å²) in [5, 5.41) is 14.1. The highest BCUT2D eigenvalue weighted by molar-refractivity contribution is 7.90. The van der Waals surface area contributed by atoms with Gasteiger partial charge < -0.3 is 5.32 Å². The predicted molar refractivity (Wildman–Crippen MR) is 135 cm³/mol. The van der Waals surface area contributed by atoms with Crippen LogP contribution in [-0.4, -0.2) is 52.4 Å². The molecule has 0 saturated heterocycles. The van der Waals surface area contributed by atoms with Gasteiger partial charge >= 0.3 is 6.18 Å². The molecular weight excluding hydrogens is 555 g/mol. The molecule has 2 aromatic rings. The van der Waals surface area contributed by atoms with Crippen LogP contribution in [0.4, 0.5) is 13.2 Å². The number of rotatable bonds is 7. The third-order valence-electron chi connectivity index (χ3n) is 5.49. The minimum Gasteiger partial charge on any atom is -0.353 e. The Bertz CT molecular complexity index is 1390. The van der Waals surface area contributed by atoms with E-state index in [-0.39, 0.29) is 30.9 Å². The summed E-state index contributed by atoms with van der Waals surface area (Å²) in [5.74, 6) is -0.892. The number of nitrogens with zero attached hydrogens (tertiary/aromatic N) is 3. The second-order valence-electron chi connectivity index (χ2n) is 8.63. The minimum absolute atomic E-state index is 0.0802. The smallest absolute Gasteiger partial charge is 0.353 e. The molecule has 1 aliphatic heterocycles. The second-order valence-corrected chi connectivity index (χ2v) is 12.4. The number of hydrazone groups is 1. The van der Waals surface area contributed by atoms with E-state index in [0.29, 0.717) is 22.9 Å². The van der Waals surface area contributed by atoms with Crippen LogP contribution < -0.4 is 10.5 Å². The number of primary sulfonamides is 1. The highest BCUT2D eigenvalue weighted by Gasteiger charge is 2.34. The van der Waals surface area contributed by atoms with Gasteiger partial charge in [-0.25, -0.2) is 18.6 Å². The summed E-state index contributed by atoms with van der Waals surface area (Å²) in [6.45, 7) is 3.85. The average Bonchev–Trinajstić information content (AvgIpc) is 3.23. The number of hydrogen-bond acceptors (Lipinski definition) is 5. The quantitative estimate of drug-likeness (QED) is 0.382. The Morgan fingerprint density at radius 1 is 1.14 bits per heavy atom. The first kappa shape index (κ1) is 28.9. The Labute approximate surface area is 218 Å². The van der Waals surface area contributed by atoms with Crippen LogP contribution in [0, 0.1) is 11.8 Å². The third-order valence-corrected chi connectivity index (χ3v) is 7.80. The van der Waals surface area contributed by atoms with Crippen molar-refractivity contribution in [3.63, 3.8) is 0 Å². The highest BCUT2D eigenvalue weighted by Crippen LogP contribution is 2.30. The molecule has 15 heteroatoms. The fourth-order valence-electron chi connectivity index (χ4n) is 3.53. The molecule has 37 heavy (non-hydrogen) atoms. The maximum Gasteiger partial charge on any atom is 0.416 e. The zero-order valence-corrected chi connectivity index (χ0v) is 22.2. The lowest BCUT2D eigenvalue weighted by Gasteiger charge is -2.20. The van der Waals surface area contributed by atoms with Crippen molar-refractivity contribution in [3.05, 3.63) is 64.7 Å². The van der Waals surface area contributed by atoms with Gasteiger partial charge in [-0.2, -0.15) is 26.7 Å². The van der Waals surface area contributed by atoms with E-state index < -0.39 is 42.4 Å². The van der Waals surface area contributed by atoms with Crippen LogP contribution in [0.2, 0.25) is 5.02 Å². The molecule has 0 aliphatic carbocycles. The summed E-state index contributed by atoms with van der Waals surface area (Å²) in [6, 6.07) is 9.78. The van der Waals surface area contributed by atoms with Crippen molar-refractivity contribution in [3.8, 4) is 0 Å². The number of alkyl halides is 3. The highest BCUT2D eigenvalue weighted by atomic mass is 35.5. The zero-order valence-electron chi connectivity index (χ0n) is 19.8. The molecule has 202 valence electrons. The Morgan fingerprint density at radius 2 is 1.73 bits per heavy atom. The summed E-state index contributed by atoms with van der Waals surface area (Å²) < 4.78 is 91.2. The summed E-state index contributed by atoms with van der Waals surface area (Å²) in [7, 11) is -8.38. The maximum atomic E-state index is 13.0. The maximum absolute atomic E-state index is 13.0. The Morgan fingerprint density at radius 3 is 2.24 bits per heavy atom. The predicted octanol–water partition coefficient (Wildman–Crippen LogP) is 3.27. The topological polar surface area (TPSA) is 134 Å². The number of sulfonamides is 2. The van der Waals surface area contributed by atoms with Gasteiger partial charge in [0, 0.05) is 17.5 Å². The zero-order chi connectivity index (χ0) is 27.6. The fraction of sp³-hybridized carbons (Fsp3) is 0.364. The second kappa shape index (κ2) is 11.0. The summed E-state index contributed by atoms with van der Waals surface area (Å²) in [6.07, 6.45) is -4.64. The van der Waals surface area contributed by atoms with Crippen LogP contribution in [-0.2, 0) is 26.2 Å². The SMILES string of the molecule is CC(C)C1CN(C(=NS(=O)(=O)c2ccc(C(F)(F)F)cc2)NCCS(N)(=O)=O)N=C1c1ccc(Cl)cc1. The molecular formula is C22H25ClF3N5O4S2. The van der Waals surface area contributed by atoms with Gasteiger partial charge in [0.2, 0.25) is 16.0 Å². The van der Waals surface area contributed by atoms with E-state index in [2.05, 4.69) is 14.8 Å². The Balaban J connectivity index is 2.02. The van der Waals surface area contributed by atoms with Crippen molar-refractivity contribution >= 4 is 43.3 Å². The Hall–Kier alpha value is -2.68. The van der Waals surface area contributed by atoms with Crippen molar-refractivity contribution in [2.24, 2.45) is 26.5 Å². The van der Waals surface area contributed by atoms with E-state index >= 15 is 0 Å². The molecule has 0 fully saturated rings. The normalized spacial score (nSPS) is 17.3. The Kier molecular flexibility index (Phi) is 8.57. The van der Waals surface area contributed by atoms with Gasteiger partial charge in [-0.05, 0) is 47.9 Å². The molecule has 3 N–H and O–H groups in total. The molecule has 1 atom stereocenters. The lowest BCUT2D eigenvalue weighted by molar-refractivity contribution is -0.137. The number of benzene rings is 2. The largest absolute Gasteiger partial charge is 0.416 e. The average molecular weight is 580 g/mol. The fourth-order valence-corrected chi connectivity index (χ4v) is 5.01. The molecule has 0 aromatic heterocycles. The number of halogens is 4. The standard InChI is InChI=1S/C22H25ClF3N5O4S2/c1-14(2)19-13-31(29-20(19)15-3-7-17(23)8-4-15)21(28-11-12-36(27,32)33)30-37(34,35)18-9-5-16(6-10-18)22(24,25)26/h3-10,14,19H,11-13H2,1-2H3,(H,28,30)(H2,27,32,33). The summed E-state index contributed by atoms with van der Waals surface area (Å²) >= 11 is 5.99. The van der Waals surface area contributed by atoms with Crippen LogP contribution in [0.1, 0.15) is 25.0 Å². The van der Waals surface area contributed by atoms with E-state index in [4.69, 9.17) is 16.7 Å². The van der Waals surface area contributed by atoms with E-state index in [1.165, 1.54) is 5.01 Å². The molecule has 3 rings (SSSR count). The van der Waals surface area contributed by atoms with Crippen molar-refractivity contribution in [2.75, 3.05) is 18.8 Å². The molecule has 1 unspecified atom stereocenters. The molecule has 0 bridgehead atoms. The molecule has 2 aromatic carbocycles. The van der Waals surface area contributed by atoms with Gasteiger partial charge in [0.05, 0.1) is 28.5 Å². The summed E-state index contributed by atoms with van der Waals surface area (Å²) in [5.41, 5.74) is 0.373. The number of guanidine groups is 1. The lowest BCUT2D eigenvalue weighted by atomic mass is 9.88. The molecule has 0 amide bonds. The molecule has 0 saturated carbocycles. The van der Waals surface area contributed by atoms with Crippen LogP contribution >= 0.6 is 11.6 Å². The van der Waals surface area contributed by atoms with Gasteiger partial charge in [0.25, 0.3) is 10.0 Å². The van der Waals surface area contributed by atoms with Crippen molar-refractivity contribution < 1.29 is 30.0 Å². The van der Waals surface area contributed by atoms with Crippen LogP contribution in [0.5, 0.6) is 0 Å². The van der Waals surface area contributed by atoms with Gasteiger partial charge in [0.1, 0.15) is 0 Å².